The zero-order chi connectivity index (χ0) is 21.0. The number of carbonyl (C=O) groups is 2. The molecule has 29 heavy (non-hydrogen) atoms. The number of piperazine rings is 1. The highest BCUT2D eigenvalue weighted by Gasteiger charge is 2.28. The number of hydrogen-bond acceptors (Lipinski definition) is 3. The normalized spacial score (nSPS) is 15.1. The lowest BCUT2D eigenvalue weighted by molar-refractivity contribution is -0.138. The van der Waals surface area contributed by atoms with Crippen LogP contribution in [0.2, 0.25) is 10.0 Å². The standard InChI is InChI=1S/C22H22Cl2N2O2S/c1-3-17(22(28)26-12-10-25(11-13-26)15(2)27)16-8-9-21(19(24)14-16)29-20-7-5-4-6-18(20)23/h3-9,14,17H,1,10-13H2,2H3. The van der Waals surface area contributed by atoms with Gasteiger partial charge in [0.2, 0.25) is 11.8 Å². The fourth-order valence-corrected chi connectivity index (χ4v) is 4.65. The molecule has 0 radical (unpaired) electrons. The van der Waals surface area contributed by atoms with Gasteiger partial charge in [0.1, 0.15) is 0 Å². The van der Waals surface area contributed by atoms with Crippen molar-refractivity contribution in [2.75, 3.05) is 26.2 Å². The van der Waals surface area contributed by atoms with Gasteiger partial charge in [-0.3, -0.25) is 9.59 Å². The van der Waals surface area contributed by atoms with E-state index in [9.17, 15) is 9.59 Å². The predicted molar refractivity (Wildman–Crippen MR) is 119 cm³/mol. The fraction of sp³-hybridized carbons (Fsp3) is 0.273. The lowest BCUT2D eigenvalue weighted by atomic mass is 9.97. The lowest BCUT2D eigenvalue weighted by Gasteiger charge is -2.35. The fourth-order valence-electron chi connectivity index (χ4n) is 3.26. The van der Waals surface area contributed by atoms with Crippen LogP contribution >= 0.6 is 35.0 Å². The summed E-state index contributed by atoms with van der Waals surface area (Å²) >= 11 is 14.2. The van der Waals surface area contributed by atoms with E-state index in [1.54, 1.807) is 22.8 Å². The molecule has 7 heteroatoms. The number of hydrogen-bond donors (Lipinski definition) is 0. The lowest BCUT2D eigenvalue weighted by Crippen LogP contribution is -2.51. The average Bonchev–Trinajstić information content (AvgIpc) is 2.72. The molecule has 0 bridgehead atoms. The maximum Gasteiger partial charge on any atom is 0.234 e. The van der Waals surface area contributed by atoms with Crippen LogP contribution in [-0.4, -0.2) is 47.8 Å². The molecule has 152 valence electrons. The first kappa shape index (κ1) is 21.8. The molecule has 0 saturated carbocycles. The van der Waals surface area contributed by atoms with E-state index in [1.807, 2.05) is 42.5 Å². The van der Waals surface area contributed by atoms with Gasteiger partial charge in [-0.1, -0.05) is 59.2 Å². The number of rotatable bonds is 5. The van der Waals surface area contributed by atoms with Crippen molar-refractivity contribution >= 4 is 46.8 Å². The first-order chi connectivity index (χ1) is 13.9. The van der Waals surface area contributed by atoms with Gasteiger partial charge in [-0.15, -0.1) is 6.58 Å². The molecule has 2 amide bonds. The molecule has 1 unspecified atom stereocenters. The average molecular weight is 449 g/mol. The molecular formula is C22H22Cl2N2O2S. The van der Waals surface area contributed by atoms with Crippen molar-refractivity contribution < 1.29 is 9.59 Å². The maximum absolute atomic E-state index is 13.0. The molecule has 1 aliphatic heterocycles. The van der Waals surface area contributed by atoms with Crippen LogP contribution in [0.4, 0.5) is 0 Å². The molecule has 0 aromatic heterocycles. The van der Waals surface area contributed by atoms with Crippen LogP contribution < -0.4 is 0 Å². The molecule has 1 heterocycles. The third-order valence-corrected chi connectivity index (χ3v) is 6.93. The molecule has 1 aliphatic rings. The highest BCUT2D eigenvalue weighted by Crippen LogP contribution is 2.38. The zero-order valence-corrected chi connectivity index (χ0v) is 18.4. The summed E-state index contributed by atoms with van der Waals surface area (Å²) in [5, 5.41) is 1.23. The third kappa shape index (κ3) is 5.16. The minimum absolute atomic E-state index is 0.0224. The van der Waals surface area contributed by atoms with Gasteiger partial charge in [-0.2, -0.15) is 0 Å². The summed E-state index contributed by atoms with van der Waals surface area (Å²) in [4.78, 5) is 29.8. The van der Waals surface area contributed by atoms with Crippen molar-refractivity contribution in [3.63, 3.8) is 0 Å². The zero-order valence-electron chi connectivity index (χ0n) is 16.1. The molecule has 1 fully saturated rings. The Morgan fingerprint density at radius 1 is 1.00 bits per heavy atom. The van der Waals surface area contributed by atoms with Crippen LogP contribution in [0.1, 0.15) is 18.4 Å². The minimum atomic E-state index is -0.476. The van der Waals surface area contributed by atoms with E-state index >= 15 is 0 Å². The second-order valence-electron chi connectivity index (χ2n) is 6.77. The first-order valence-electron chi connectivity index (χ1n) is 9.29. The van der Waals surface area contributed by atoms with Crippen LogP contribution in [0.25, 0.3) is 0 Å². The minimum Gasteiger partial charge on any atom is -0.339 e. The van der Waals surface area contributed by atoms with E-state index < -0.39 is 5.92 Å². The summed E-state index contributed by atoms with van der Waals surface area (Å²) < 4.78 is 0. The van der Waals surface area contributed by atoms with Gasteiger partial charge in [-0.25, -0.2) is 0 Å². The highest BCUT2D eigenvalue weighted by molar-refractivity contribution is 7.99. The molecule has 0 spiro atoms. The summed E-state index contributed by atoms with van der Waals surface area (Å²) in [5.74, 6) is -0.461. The molecule has 0 N–H and O–H groups in total. The van der Waals surface area contributed by atoms with Gasteiger partial charge in [0, 0.05) is 42.9 Å². The van der Waals surface area contributed by atoms with E-state index in [0.717, 1.165) is 15.4 Å². The Kier molecular flexibility index (Phi) is 7.28. The van der Waals surface area contributed by atoms with Gasteiger partial charge in [0.15, 0.2) is 0 Å². The number of nitrogens with zero attached hydrogens (tertiary/aromatic N) is 2. The number of amides is 2. The topological polar surface area (TPSA) is 40.6 Å². The van der Waals surface area contributed by atoms with Gasteiger partial charge < -0.3 is 9.80 Å². The summed E-state index contributed by atoms with van der Waals surface area (Å²) in [6.07, 6.45) is 1.65. The molecule has 1 atom stereocenters. The van der Waals surface area contributed by atoms with Crippen molar-refractivity contribution in [1.82, 2.24) is 9.80 Å². The smallest absolute Gasteiger partial charge is 0.234 e. The molecule has 3 rings (SSSR count). The quantitative estimate of drug-likeness (QED) is 0.596. The number of carbonyl (C=O) groups excluding carboxylic acids is 2. The van der Waals surface area contributed by atoms with E-state index in [2.05, 4.69) is 6.58 Å². The summed E-state index contributed by atoms with van der Waals surface area (Å²) in [6.45, 7) is 7.56. The van der Waals surface area contributed by atoms with E-state index in [1.165, 1.54) is 11.8 Å². The molecule has 2 aromatic carbocycles. The van der Waals surface area contributed by atoms with E-state index in [0.29, 0.717) is 36.2 Å². The summed E-state index contributed by atoms with van der Waals surface area (Å²) in [6, 6.07) is 13.2. The highest BCUT2D eigenvalue weighted by atomic mass is 35.5. The Morgan fingerprint density at radius 3 is 2.21 bits per heavy atom. The second kappa shape index (κ2) is 9.70. The van der Waals surface area contributed by atoms with Crippen molar-refractivity contribution in [2.45, 2.75) is 22.6 Å². The first-order valence-corrected chi connectivity index (χ1v) is 10.9. The second-order valence-corrected chi connectivity index (χ2v) is 8.67. The number of halogens is 2. The maximum atomic E-state index is 13.0. The van der Waals surface area contributed by atoms with Crippen LogP contribution in [0, 0.1) is 0 Å². The Bertz CT molecular complexity index is 927. The molecule has 4 nitrogen and oxygen atoms in total. The van der Waals surface area contributed by atoms with Crippen molar-refractivity contribution in [2.24, 2.45) is 0 Å². The molecule has 2 aromatic rings. The monoisotopic (exact) mass is 448 g/mol. The Labute approximate surface area is 185 Å². The predicted octanol–water partition coefficient (Wildman–Crippen LogP) is 5.10. The van der Waals surface area contributed by atoms with Crippen molar-refractivity contribution in [3.8, 4) is 0 Å². The Hall–Kier alpha value is -1.95. The third-order valence-electron chi connectivity index (χ3n) is 4.91. The van der Waals surface area contributed by atoms with Gasteiger partial charge in [0.05, 0.1) is 16.0 Å². The van der Waals surface area contributed by atoms with Crippen molar-refractivity contribution in [3.05, 3.63) is 70.7 Å². The van der Waals surface area contributed by atoms with Gasteiger partial charge in [0.25, 0.3) is 0 Å². The Balaban J connectivity index is 1.74. The van der Waals surface area contributed by atoms with Gasteiger partial charge in [-0.05, 0) is 29.8 Å². The van der Waals surface area contributed by atoms with Crippen LogP contribution in [0.5, 0.6) is 0 Å². The van der Waals surface area contributed by atoms with Crippen LogP contribution in [0.15, 0.2) is 64.9 Å². The molecular weight excluding hydrogens is 427 g/mol. The molecule has 0 aliphatic carbocycles. The largest absolute Gasteiger partial charge is 0.339 e. The number of benzene rings is 2. The van der Waals surface area contributed by atoms with E-state index in [-0.39, 0.29) is 11.8 Å². The van der Waals surface area contributed by atoms with Crippen molar-refractivity contribution in [1.29, 1.82) is 0 Å². The van der Waals surface area contributed by atoms with E-state index in [4.69, 9.17) is 23.2 Å². The summed E-state index contributed by atoms with van der Waals surface area (Å²) in [5.41, 5.74) is 0.799. The van der Waals surface area contributed by atoms with Crippen LogP contribution in [0.3, 0.4) is 0 Å². The summed E-state index contributed by atoms with van der Waals surface area (Å²) in [7, 11) is 0. The van der Waals surface area contributed by atoms with Gasteiger partial charge >= 0.3 is 0 Å². The SMILES string of the molecule is C=CC(C(=O)N1CCN(C(C)=O)CC1)c1ccc(Sc2ccccc2Cl)c(Cl)c1. The van der Waals surface area contributed by atoms with Crippen LogP contribution in [-0.2, 0) is 9.59 Å². The Morgan fingerprint density at radius 2 is 1.62 bits per heavy atom. The molecule has 1 saturated heterocycles.